The molecule has 0 amide bonds. The van der Waals surface area contributed by atoms with Crippen molar-refractivity contribution in [1.82, 2.24) is 0 Å². The fourth-order valence-corrected chi connectivity index (χ4v) is 2.06. The molecule has 0 radical (unpaired) electrons. The quantitative estimate of drug-likeness (QED) is 0.870. The topological polar surface area (TPSA) is 21.3 Å². The molecule has 2 nitrogen and oxygen atoms in total. The Morgan fingerprint density at radius 1 is 0.947 bits per heavy atom. The molecule has 0 heterocycles. The zero-order chi connectivity index (χ0) is 13.7. The third kappa shape index (κ3) is 3.83. The molecule has 2 aromatic rings. The average molecular weight is 255 g/mol. The van der Waals surface area contributed by atoms with Crippen molar-refractivity contribution in [2.24, 2.45) is 0 Å². The highest BCUT2D eigenvalue weighted by Gasteiger charge is 1.98. The van der Waals surface area contributed by atoms with Crippen molar-refractivity contribution in [3.63, 3.8) is 0 Å². The standard InChI is InChI=1S/C17H21NO/c1-13-7-8-15(9-14(13)2)11-18-17-6-4-5-16(10-17)12-19-3/h4-10,18H,11-12H2,1-3H3. The highest BCUT2D eigenvalue weighted by molar-refractivity contribution is 5.46. The Kier molecular flexibility index (Phi) is 4.58. The molecule has 2 heteroatoms. The van der Waals surface area contributed by atoms with Gasteiger partial charge in [0, 0.05) is 19.3 Å². The van der Waals surface area contributed by atoms with Crippen molar-refractivity contribution in [2.45, 2.75) is 27.0 Å². The van der Waals surface area contributed by atoms with Gasteiger partial charge in [0.25, 0.3) is 0 Å². The van der Waals surface area contributed by atoms with Gasteiger partial charge in [0.1, 0.15) is 0 Å². The van der Waals surface area contributed by atoms with Crippen LogP contribution >= 0.6 is 0 Å². The SMILES string of the molecule is COCc1cccc(NCc2ccc(C)c(C)c2)c1. The molecule has 0 aliphatic heterocycles. The highest BCUT2D eigenvalue weighted by Crippen LogP contribution is 2.14. The predicted molar refractivity (Wildman–Crippen MR) is 80.4 cm³/mol. The Bertz CT molecular complexity index is 549. The number of hydrogen-bond donors (Lipinski definition) is 1. The number of benzene rings is 2. The Hall–Kier alpha value is -1.80. The highest BCUT2D eigenvalue weighted by atomic mass is 16.5. The molecule has 0 atom stereocenters. The molecule has 100 valence electrons. The lowest BCUT2D eigenvalue weighted by molar-refractivity contribution is 0.185. The summed E-state index contributed by atoms with van der Waals surface area (Å²) >= 11 is 0. The van der Waals surface area contributed by atoms with Gasteiger partial charge < -0.3 is 10.1 Å². The zero-order valence-electron chi connectivity index (χ0n) is 11.9. The van der Waals surface area contributed by atoms with Gasteiger partial charge in [-0.15, -0.1) is 0 Å². The molecular weight excluding hydrogens is 234 g/mol. The molecule has 0 saturated heterocycles. The van der Waals surface area contributed by atoms with Gasteiger partial charge in [0.05, 0.1) is 6.61 Å². The van der Waals surface area contributed by atoms with Gasteiger partial charge in [-0.25, -0.2) is 0 Å². The van der Waals surface area contributed by atoms with Crippen LogP contribution in [0.25, 0.3) is 0 Å². The first kappa shape index (κ1) is 13.6. The van der Waals surface area contributed by atoms with Crippen molar-refractivity contribution in [3.05, 3.63) is 64.7 Å². The minimum absolute atomic E-state index is 0.652. The summed E-state index contributed by atoms with van der Waals surface area (Å²) in [6.07, 6.45) is 0. The van der Waals surface area contributed by atoms with Crippen molar-refractivity contribution in [1.29, 1.82) is 0 Å². The summed E-state index contributed by atoms with van der Waals surface area (Å²) in [4.78, 5) is 0. The van der Waals surface area contributed by atoms with Crippen molar-refractivity contribution < 1.29 is 4.74 Å². The van der Waals surface area contributed by atoms with Crippen LogP contribution in [-0.2, 0) is 17.9 Å². The van der Waals surface area contributed by atoms with Crippen molar-refractivity contribution in [2.75, 3.05) is 12.4 Å². The van der Waals surface area contributed by atoms with Crippen LogP contribution in [0.4, 0.5) is 5.69 Å². The van der Waals surface area contributed by atoms with E-state index in [0.717, 1.165) is 12.2 Å². The van der Waals surface area contributed by atoms with E-state index in [0.29, 0.717) is 6.61 Å². The molecule has 0 unspecified atom stereocenters. The maximum absolute atomic E-state index is 5.15. The van der Waals surface area contributed by atoms with Gasteiger partial charge in [0.2, 0.25) is 0 Å². The third-order valence-corrected chi connectivity index (χ3v) is 3.31. The van der Waals surface area contributed by atoms with E-state index >= 15 is 0 Å². The molecule has 0 bridgehead atoms. The average Bonchev–Trinajstić information content (AvgIpc) is 2.41. The number of hydrogen-bond acceptors (Lipinski definition) is 2. The summed E-state index contributed by atoms with van der Waals surface area (Å²) in [6, 6.07) is 14.9. The Labute approximate surface area is 115 Å². The first-order chi connectivity index (χ1) is 9.19. The maximum atomic E-state index is 5.15. The van der Waals surface area contributed by atoms with E-state index < -0.39 is 0 Å². The molecule has 2 rings (SSSR count). The summed E-state index contributed by atoms with van der Waals surface area (Å²) in [5.74, 6) is 0. The maximum Gasteiger partial charge on any atom is 0.0713 e. The van der Waals surface area contributed by atoms with Crippen LogP contribution in [0.3, 0.4) is 0 Å². The summed E-state index contributed by atoms with van der Waals surface area (Å²) in [7, 11) is 1.72. The normalized spacial score (nSPS) is 10.5. The number of rotatable bonds is 5. The monoisotopic (exact) mass is 255 g/mol. The van der Waals surface area contributed by atoms with Crippen LogP contribution < -0.4 is 5.32 Å². The Balaban J connectivity index is 2.01. The van der Waals surface area contributed by atoms with Crippen LogP contribution in [-0.4, -0.2) is 7.11 Å². The third-order valence-electron chi connectivity index (χ3n) is 3.31. The molecule has 1 N–H and O–H groups in total. The Morgan fingerprint density at radius 3 is 2.53 bits per heavy atom. The molecular formula is C17H21NO. The largest absolute Gasteiger partial charge is 0.381 e. The molecule has 0 aliphatic carbocycles. The lowest BCUT2D eigenvalue weighted by Crippen LogP contribution is -2.00. The molecule has 19 heavy (non-hydrogen) atoms. The summed E-state index contributed by atoms with van der Waals surface area (Å²) in [5, 5.41) is 3.45. The van der Waals surface area contributed by atoms with E-state index in [1.807, 2.05) is 0 Å². The minimum atomic E-state index is 0.652. The first-order valence-electron chi connectivity index (χ1n) is 6.57. The summed E-state index contributed by atoms with van der Waals surface area (Å²) in [5.41, 5.74) is 6.30. The zero-order valence-corrected chi connectivity index (χ0v) is 11.9. The van der Waals surface area contributed by atoms with E-state index in [2.05, 4.69) is 61.6 Å². The van der Waals surface area contributed by atoms with Crippen molar-refractivity contribution >= 4 is 5.69 Å². The Morgan fingerprint density at radius 2 is 1.79 bits per heavy atom. The van der Waals surface area contributed by atoms with Gasteiger partial charge in [-0.3, -0.25) is 0 Å². The number of anilines is 1. The van der Waals surface area contributed by atoms with Crippen LogP contribution in [0, 0.1) is 13.8 Å². The predicted octanol–water partition coefficient (Wildman–Crippen LogP) is 4.06. The summed E-state index contributed by atoms with van der Waals surface area (Å²) < 4.78 is 5.15. The second kappa shape index (κ2) is 6.39. The smallest absolute Gasteiger partial charge is 0.0713 e. The van der Waals surface area contributed by atoms with Crippen LogP contribution in [0.1, 0.15) is 22.3 Å². The van der Waals surface area contributed by atoms with E-state index in [4.69, 9.17) is 4.74 Å². The minimum Gasteiger partial charge on any atom is -0.381 e. The van der Waals surface area contributed by atoms with Gasteiger partial charge in [-0.1, -0.05) is 30.3 Å². The summed E-state index contributed by atoms with van der Waals surface area (Å²) in [6.45, 7) is 5.79. The van der Waals surface area contributed by atoms with Gasteiger partial charge >= 0.3 is 0 Å². The van der Waals surface area contributed by atoms with E-state index in [1.54, 1.807) is 7.11 Å². The van der Waals surface area contributed by atoms with Gasteiger partial charge in [-0.2, -0.15) is 0 Å². The van der Waals surface area contributed by atoms with Crippen LogP contribution in [0.5, 0.6) is 0 Å². The lowest BCUT2D eigenvalue weighted by atomic mass is 10.1. The molecule has 0 saturated carbocycles. The molecule has 2 aromatic carbocycles. The molecule has 0 aliphatic rings. The molecule has 0 fully saturated rings. The lowest BCUT2D eigenvalue weighted by Gasteiger charge is -2.10. The second-order valence-electron chi connectivity index (χ2n) is 4.91. The number of aryl methyl sites for hydroxylation is 2. The van der Waals surface area contributed by atoms with Gasteiger partial charge in [-0.05, 0) is 48.2 Å². The fraction of sp³-hybridized carbons (Fsp3) is 0.294. The van der Waals surface area contributed by atoms with E-state index in [1.165, 1.54) is 22.3 Å². The van der Waals surface area contributed by atoms with Gasteiger partial charge in [0.15, 0.2) is 0 Å². The number of ether oxygens (including phenoxy) is 1. The number of methoxy groups -OCH3 is 1. The van der Waals surface area contributed by atoms with Crippen LogP contribution in [0.2, 0.25) is 0 Å². The number of nitrogens with one attached hydrogen (secondary N) is 1. The van der Waals surface area contributed by atoms with Crippen molar-refractivity contribution in [3.8, 4) is 0 Å². The van der Waals surface area contributed by atoms with E-state index in [9.17, 15) is 0 Å². The first-order valence-corrected chi connectivity index (χ1v) is 6.57. The molecule has 0 spiro atoms. The van der Waals surface area contributed by atoms with Crippen LogP contribution in [0.15, 0.2) is 42.5 Å². The van der Waals surface area contributed by atoms with E-state index in [-0.39, 0.29) is 0 Å². The fourth-order valence-electron chi connectivity index (χ4n) is 2.06. The second-order valence-corrected chi connectivity index (χ2v) is 4.91. The molecule has 0 aromatic heterocycles.